The highest BCUT2D eigenvalue weighted by Gasteiger charge is 2.10. The summed E-state index contributed by atoms with van der Waals surface area (Å²) < 4.78 is 20.5. The van der Waals surface area contributed by atoms with Crippen LogP contribution in [0.4, 0.5) is 4.39 Å². The highest BCUT2D eigenvalue weighted by Crippen LogP contribution is 2.21. The zero-order chi connectivity index (χ0) is 19.3. The summed E-state index contributed by atoms with van der Waals surface area (Å²) in [6, 6.07) is 11.7. The lowest BCUT2D eigenvalue weighted by Gasteiger charge is -2.03. The van der Waals surface area contributed by atoms with Gasteiger partial charge in [0.1, 0.15) is 11.6 Å². The third-order valence-corrected chi connectivity index (χ3v) is 4.30. The molecule has 0 unspecified atom stereocenters. The van der Waals surface area contributed by atoms with E-state index in [2.05, 4.69) is 20.5 Å². The van der Waals surface area contributed by atoms with Gasteiger partial charge in [0.25, 0.3) is 0 Å². The van der Waals surface area contributed by atoms with E-state index < -0.39 is 0 Å². The first-order valence-electron chi connectivity index (χ1n) is 8.95. The molecule has 3 heterocycles. The summed E-state index contributed by atoms with van der Waals surface area (Å²) in [6.45, 7) is 0.473. The number of nitrogens with one attached hydrogen (secondary N) is 1. The predicted octanol–water partition coefficient (Wildman–Crippen LogP) is 2.81. The van der Waals surface area contributed by atoms with Crippen LogP contribution >= 0.6 is 0 Å². The molecule has 0 atom stereocenters. The number of carbonyl (C=O) groups is 1. The van der Waals surface area contributed by atoms with Gasteiger partial charge < -0.3 is 9.73 Å². The Labute approximate surface area is 160 Å². The van der Waals surface area contributed by atoms with Crippen LogP contribution in [0.15, 0.2) is 59.3 Å². The summed E-state index contributed by atoms with van der Waals surface area (Å²) in [5.74, 6) is 1.43. The molecule has 0 aliphatic rings. The molecule has 1 N–H and O–H groups in total. The van der Waals surface area contributed by atoms with E-state index >= 15 is 0 Å². The Morgan fingerprint density at radius 2 is 1.96 bits per heavy atom. The average molecular weight is 379 g/mol. The largest absolute Gasteiger partial charge is 0.441 e. The molecular weight excluding hydrogens is 361 g/mol. The number of hydrogen-bond donors (Lipinski definition) is 1. The first-order chi connectivity index (χ1) is 13.7. The molecule has 0 radical (unpaired) electrons. The second-order valence-corrected chi connectivity index (χ2v) is 6.27. The van der Waals surface area contributed by atoms with Crippen LogP contribution in [0, 0.1) is 5.82 Å². The number of rotatable bonds is 7. The van der Waals surface area contributed by atoms with Crippen LogP contribution in [0.1, 0.15) is 18.1 Å². The minimum atomic E-state index is -0.306. The lowest BCUT2D eigenvalue weighted by atomic mass is 10.2. The molecule has 28 heavy (non-hydrogen) atoms. The van der Waals surface area contributed by atoms with Crippen LogP contribution < -0.4 is 5.32 Å². The zero-order valence-electron chi connectivity index (χ0n) is 15.0. The molecule has 1 aromatic carbocycles. The number of fused-ring (bicyclic) bond motifs is 1. The maximum atomic E-state index is 13.0. The van der Waals surface area contributed by atoms with Gasteiger partial charge in [-0.1, -0.05) is 6.07 Å². The van der Waals surface area contributed by atoms with Crippen molar-refractivity contribution >= 4 is 11.6 Å². The number of oxazole rings is 1. The Morgan fingerprint density at radius 1 is 1.11 bits per heavy atom. The van der Waals surface area contributed by atoms with Gasteiger partial charge in [-0.15, -0.1) is 10.2 Å². The third kappa shape index (κ3) is 4.06. The summed E-state index contributed by atoms with van der Waals surface area (Å²) >= 11 is 0. The monoisotopic (exact) mass is 379 g/mol. The third-order valence-electron chi connectivity index (χ3n) is 4.30. The maximum Gasteiger partial charge on any atom is 0.220 e. The van der Waals surface area contributed by atoms with Crippen LogP contribution in [0.25, 0.3) is 17.0 Å². The summed E-state index contributed by atoms with van der Waals surface area (Å²) in [4.78, 5) is 16.2. The molecule has 142 valence electrons. The van der Waals surface area contributed by atoms with E-state index in [4.69, 9.17) is 4.42 Å². The smallest absolute Gasteiger partial charge is 0.220 e. The van der Waals surface area contributed by atoms with Crippen molar-refractivity contribution < 1.29 is 13.6 Å². The van der Waals surface area contributed by atoms with Crippen molar-refractivity contribution in [3.8, 4) is 11.3 Å². The quantitative estimate of drug-likeness (QED) is 0.534. The number of benzene rings is 1. The highest BCUT2D eigenvalue weighted by atomic mass is 19.1. The molecule has 0 aliphatic carbocycles. The summed E-state index contributed by atoms with van der Waals surface area (Å²) in [7, 11) is 0. The molecule has 0 bridgehead atoms. The normalized spacial score (nSPS) is 11.0. The van der Waals surface area contributed by atoms with E-state index in [1.54, 1.807) is 18.3 Å². The van der Waals surface area contributed by atoms with Crippen LogP contribution in [0.5, 0.6) is 0 Å². The summed E-state index contributed by atoms with van der Waals surface area (Å²) in [6.07, 6.45) is 4.72. The summed E-state index contributed by atoms with van der Waals surface area (Å²) in [5, 5.41) is 11.1. The SMILES string of the molecule is O=C(CCc1ncc(-c2ccc(F)cc2)o1)NCCc1nnc2ccccn12. The average Bonchev–Trinajstić information content (AvgIpc) is 3.35. The number of nitrogens with zero attached hydrogens (tertiary/aromatic N) is 4. The van der Waals surface area contributed by atoms with Crippen LogP contribution in [-0.4, -0.2) is 32.0 Å². The number of carbonyl (C=O) groups excluding carboxylic acids is 1. The minimum Gasteiger partial charge on any atom is -0.441 e. The van der Waals surface area contributed by atoms with E-state index in [1.165, 1.54) is 12.1 Å². The number of pyridine rings is 1. The Kier molecular flexibility index (Phi) is 5.09. The number of aryl methyl sites for hydroxylation is 1. The second kappa shape index (κ2) is 7.99. The van der Waals surface area contributed by atoms with Crippen molar-refractivity contribution in [1.29, 1.82) is 0 Å². The van der Waals surface area contributed by atoms with Crippen molar-refractivity contribution in [2.24, 2.45) is 0 Å². The number of amides is 1. The van der Waals surface area contributed by atoms with E-state index in [0.29, 0.717) is 31.0 Å². The molecule has 1 amide bonds. The van der Waals surface area contributed by atoms with Crippen LogP contribution in [-0.2, 0) is 17.6 Å². The van der Waals surface area contributed by atoms with Crippen LogP contribution in [0.3, 0.4) is 0 Å². The molecule has 8 heteroatoms. The fourth-order valence-corrected chi connectivity index (χ4v) is 2.86. The van der Waals surface area contributed by atoms with Gasteiger partial charge in [0.05, 0.1) is 6.20 Å². The van der Waals surface area contributed by atoms with Gasteiger partial charge in [0.15, 0.2) is 17.3 Å². The Balaban J connectivity index is 1.25. The Morgan fingerprint density at radius 3 is 2.82 bits per heavy atom. The molecule has 7 nitrogen and oxygen atoms in total. The van der Waals surface area contributed by atoms with Gasteiger partial charge in [-0.25, -0.2) is 9.37 Å². The maximum absolute atomic E-state index is 13.0. The number of aromatic nitrogens is 4. The number of hydrogen-bond acceptors (Lipinski definition) is 5. The van der Waals surface area contributed by atoms with Crippen molar-refractivity contribution in [3.63, 3.8) is 0 Å². The Bertz CT molecular complexity index is 1090. The van der Waals surface area contributed by atoms with Crippen molar-refractivity contribution in [3.05, 3.63) is 72.4 Å². The minimum absolute atomic E-state index is 0.0876. The van der Waals surface area contributed by atoms with Crippen molar-refractivity contribution in [2.45, 2.75) is 19.3 Å². The highest BCUT2D eigenvalue weighted by molar-refractivity contribution is 5.76. The van der Waals surface area contributed by atoms with Crippen molar-refractivity contribution in [2.75, 3.05) is 6.54 Å². The van der Waals surface area contributed by atoms with Gasteiger partial charge in [-0.2, -0.15) is 0 Å². The molecule has 0 saturated heterocycles. The Hall–Kier alpha value is -3.55. The standard InChI is InChI=1S/C20H18FN5O2/c21-15-6-4-14(5-7-15)16-13-23-20(28-16)9-8-19(27)22-11-10-18-25-24-17-3-1-2-12-26(17)18/h1-7,12-13H,8-11H2,(H,22,27). The molecule has 3 aromatic heterocycles. The van der Waals surface area contributed by atoms with Gasteiger partial charge in [-0.3, -0.25) is 9.20 Å². The number of halogens is 1. The van der Waals surface area contributed by atoms with E-state index in [1.807, 2.05) is 28.8 Å². The lowest BCUT2D eigenvalue weighted by Crippen LogP contribution is -2.26. The molecule has 4 aromatic rings. The van der Waals surface area contributed by atoms with Gasteiger partial charge in [0, 0.05) is 37.6 Å². The molecule has 4 rings (SSSR count). The summed E-state index contributed by atoms with van der Waals surface area (Å²) in [5.41, 5.74) is 1.52. The van der Waals surface area contributed by atoms with E-state index in [9.17, 15) is 9.18 Å². The fourth-order valence-electron chi connectivity index (χ4n) is 2.86. The van der Waals surface area contributed by atoms with Crippen LogP contribution in [0.2, 0.25) is 0 Å². The molecule has 0 spiro atoms. The lowest BCUT2D eigenvalue weighted by molar-refractivity contribution is -0.121. The van der Waals surface area contributed by atoms with Gasteiger partial charge in [-0.05, 0) is 36.4 Å². The molecule has 0 saturated carbocycles. The molecule has 0 aliphatic heterocycles. The van der Waals surface area contributed by atoms with E-state index in [-0.39, 0.29) is 18.1 Å². The van der Waals surface area contributed by atoms with Gasteiger partial charge in [0.2, 0.25) is 5.91 Å². The fraction of sp³-hybridized carbons (Fsp3) is 0.200. The zero-order valence-corrected chi connectivity index (χ0v) is 15.0. The first kappa shape index (κ1) is 17.8. The predicted molar refractivity (Wildman–Crippen MR) is 99.9 cm³/mol. The van der Waals surface area contributed by atoms with Crippen molar-refractivity contribution in [1.82, 2.24) is 24.9 Å². The van der Waals surface area contributed by atoms with Gasteiger partial charge >= 0.3 is 0 Å². The first-order valence-corrected chi connectivity index (χ1v) is 8.95. The second-order valence-electron chi connectivity index (χ2n) is 6.27. The molecular formula is C20H18FN5O2. The van der Waals surface area contributed by atoms with E-state index in [0.717, 1.165) is 17.0 Å². The molecule has 0 fully saturated rings. The topological polar surface area (TPSA) is 85.3 Å².